The summed E-state index contributed by atoms with van der Waals surface area (Å²) in [6, 6.07) is 9.47. The van der Waals surface area contributed by atoms with Crippen LogP contribution in [0.15, 0.2) is 42.7 Å². The van der Waals surface area contributed by atoms with Gasteiger partial charge in [-0.1, -0.05) is 42.2 Å². The lowest BCUT2D eigenvalue weighted by Gasteiger charge is -2.05. The first kappa shape index (κ1) is 16.2. The maximum Gasteiger partial charge on any atom is 0.407 e. The molecule has 6 nitrogen and oxygen atoms in total. The van der Waals surface area contributed by atoms with E-state index >= 15 is 0 Å². The molecule has 2 rings (SSSR count). The van der Waals surface area contributed by atoms with E-state index in [1.54, 1.807) is 6.20 Å². The molecular weight excluding hydrogens is 292 g/mol. The van der Waals surface area contributed by atoms with Crippen LogP contribution < -0.4 is 16.8 Å². The van der Waals surface area contributed by atoms with Gasteiger partial charge in [-0.2, -0.15) is 0 Å². The van der Waals surface area contributed by atoms with E-state index in [1.165, 1.54) is 6.20 Å². The molecule has 1 amide bonds. The molecule has 118 valence electrons. The molecule has 1 aromatic heterocycles. The minimum Gasteiger partial charge on any atom is -0.445 e. The van der Waals surface area contributed by atoms with Gasteiger partial charge in [0.1, 0.15) is 6.61 Å². The van der Waals surface area contributed by atoms with Crippen molar-refractivity contribution in [3.63, 3.8) is 0 Å². The molecule has 0 bridgehead atoms. The van der Waals surface area contributed by atoms with E-state index in [4.69, 9.17) is 16.2 Å². The standard InChI is InChI=1S/C17H18N4O2/c18-15-11-20-10-14(16(15)19)8-4-5-9-21-17(22)23-12-13-6-2-1-3-7-13/h1-3,6-7,10-11H,5,9,12,18H2,(H2,19,20)(H,21,22). The van der Waals surface area contributed by atoms with Crippen LogP contribution in [0.2, 0.25) is 0 Å². The number of ether oxygens (including phenoxy) is 1. The van der Waals surface area contributed by atoms with Crippen LogP contribution in [0.5, 0.6) is 0 Å². The van der Waals surface area contributed by atoms with E-state index in [2.05, 4.69) is 22.1 Å². The average molecular weight is 310 g/mol. The Morgan fingerprint density at radius 1 is 1.22 bits per heavy atom. The molecule has 2 aromatic rings. The summed E-state index contributed by atoms with van der Waals surface area (Å²) in [5.41, 5.74) is 13.8. The minimum absolute atomic E-state index is 0.240. The fourth-order valence-corrected chi connectivity index (χ4v) is 1.75. The van der Waals surface area contributed by atoms with Crippen molar-refractivity contribution in [2.75, 3.05) is 18.0 Å². The monoisotopic (exact) mass is 310 g/mol. The highest BCUT2D eigenvalue weighted by atomic mass is 16.5. The highest BCUT2D eigenvalue weighted by molar-refractivity contribution is 5.70. The summed E-state index contributed by atoms with van der Waals surface area (Å²) in [5, 5.41) is 2.63. The number of carbonyl (C=O) groups is 1. The Hall–Kier alpha value is -3.20. The van der Waals surface area contributed by atoms with Gasteiger partial charge < -0.3 is 21.5 Å². The molecule has 6 heteroatoms. The van der Waals surface area contributed by atoms with E-state index < -0.39 is 6.09 Å². The van der Waals surface area contributed by atoms with Crippen LogP contribution in [-0.4, -0.2) is 17.6 Å². The molecule has 5 N–H and O–H groups in total. The number of carbonyl (C=O) groups excluding carboxylic acids is 1. The number of nitrogens with one attached hydrogen (secondary N) is 1. The van der Waals surface area contributed by atoms with Crippen LogP contribution in [0.25, 0.3) is 0 Å². The van der Waals surface area contributed by atoms with Gasteiger partial charge >= 0.3 is 6.09 Å². The SMILES string of the molecule is Nc1cncc(C#CCCNC(=O)OCc2ccccc2)c1N. The van der Waals surface area contributed by atoms with Crippen molar-refractivity contribution < 1.29 is 9.53 Å². The third-order valence-electron chi connectivity index (χ3n) is 2.97. The van der Waals surface area contributed by atoms with Gasteiger partial charge in [0.05, 0.1) is 23.1 Å². The topological polar surface area (TPSA) is 103 Å². The van der Waals surface area contributed by atoms with Crippen LogP contribution in [0.1, 0.15) is 17.5 Å². The highest BCUT2D eigenvalue weighted by Gasteiger charge is 2.01. The molecule has 0 fully saturated rings. The maximum atomic E-state index is 11.5. The molecule has 0 saturated heterocycles. The van der Waals surface area contributed by atoms with Gasteiger partial charge in [-0.25, -0.2) is 4.79 Å². The zero-order chi connectivity index (χ0) is 16.5. The number of alkyl carbamates (subject to hydrolysis) is 1. The smallest absolute Gasteiger partial charge is 0.407 e. The van der Waals surface area contributed by atoms with Crippen molar-refractivity contribution in [1.82, 2.24) is 10.3 Å². The fraction of sp³-hybridized carbons (Fsp3) is 0.176. The molecule has 0 atom stereocenters. The molecule has 0 aliphatic rings. The van der Waals surface area contributed by atoms with Crippen molar-refractivity contribution in [1.29, 1.82) is 0 Å². The van der Waals surface area contributed by atoms with E-state index in [1.807, 2.05) is 30.3 Å². The number of anilines is 2. The number of pyridine rings is 1. The molecule has 0 aliphatic carbocycles. The second kappa shape index (κ2) is 8.29. The number of nitrogen functional groups attached to an aromatic ring is 2. The van der Waals surface area contributed by atoms with Gasteiger partial charge in [0.25, 0.3) is 0 Å². The van der Waals surface area contributed by atoms with Crippen molar-refractivity contribution in [3.05, 3.63) is 53.9 Å². The zero-order valence-electron chi connectivity index (χ0n) is 12.6. The quantitative estimate of drug-likeness (QED) is 0.591. The molecule has 0 spiro atoms. The third kappa shape index (κ3) is 5.25. The first-order valence-electron chi connectivity index (χ1n) is 7.09. The van der Waals surface area contributed by atoms with E-state index in [9.17, 15) is 4.79 Å². The van der Waals surface area contributed by atoms with Gasteiger partial charge in [-0.15, -0.1) is 0 Å². The first-order chi connectivity index (χ1) is 11.2. The summed E-state index contributed by atoms with van der Waals surface area (Å²) >= 11 is 0. The van der Waals surface area contributed by atoms with Crippen molar-refractivity contribution >= 4 is 17.5 Å². The second-order valence-electron chi connectivity index (χ2n) is 4.73. The molecule has 0 unspecified atom stereocenters. The Morgan fingerprint density at radius 3 is 2.78 bits per heavy atom. The first-order valence-corrected chi connectivity index (χ1v) is 7.09. The predicted octanol–water partition coefficient (Wildman–Crippen LogP) is 1.91. The van der Waals surface area contributed by atoms with Crippen LogP contribution in [0.4, 0.5) is 16.2 Å². The Morgan fingerprint density at radius 2 is 2.00 bits per heavy atom. The molecule has 0 aliphatic heterocycles. The number of aromatic nitrogens is 1. The minimum atomic E-state index is -0.471. The number of hydrogen-bond acceptors (Lipinski definition) is 5. The Balaban J connectivity index is 1.70. The van der Waals surface area contributed by atoms with Crippen LogP contribution >= 0.6 is 0 Å². The van der Waals surface area contributed by atoms with Crippen molar-refractivity contribution in [2.24, 2.45) is 0 Å². The number of nitrogens with zero attached hydrogens (tertiary/aromatic N) is 1. The van der Waals surface area contributed by atoms with Crippen molar-refractivity contribution in [3.8, 4) is 11.8 Å². The van der Waals surface area contributed by atoms with Gasteiger partial charge in [0.15, 0.2) is 0 Å². The molecule has 23 heavy (non-hydrogen) atoms. The summed E-state index contributed by atoms with van der Waals surface area (Å²) in [4.78, 5) is 15.4. The fourth-order valence-electron chi connectivity index (χ4n) is 1.75. The van der Waals surface area contributed by atoms with E-state index in [0.717, 1.165) is 5.56 Å². The lowest BCUT2D eigenvalue weighted by atomic mass is 10.2. The molecule has 0 saturated carbocycles. The third-order valence-corrected chi connectivity index (χ3v) is 2.97. The highest BCUT2D eigenvalue weighted by Crippen LogP contribution is 2.16. The molecule has 1 heterocycles. The van der Waals surface area contributed by atoms with Gasteiger partial charge in [0, 0.05) is 19.2 Å². The predicted molar refractivity (Wildman–Crippen MR) is 89.2 cm³/mol. The van der Waals surface area contributed by atoms with Gasteiger partial charge in [-0.3, -0.25) is 4.98 Å². The number of nitrogens with two attached hydrogens (primary N) is 2. The summed E-state index contributed by atoms with van der Waals surface area (Å²) < 4.78 is 5.08. The average Bonchev–Trinajstić information content (AvgIpc) is 2.57. The van der Waals surface area contributed by atoms with E-state index in [0.29, 0.717) is 29.9 Å². The van der Waals surface area contributed by atoms with Crippen LogP contribution in [-0.2, 0) is 11.3 Å². The second-order valence-corrected chi connectivity index (χ2v) is 4.73. The van der Waals surface area contributed by atoms with E-state index in [-0.39, 0.29) is 6.61 Å². The normalized spacial score (nSPS) is 9.57. The Bertz CT molecular complexity index is 720. The lowest BCUT2D eigenvalue weighted by molar-refractivity contribution is 0.140. The zero-order valence-corrected chi connectivity index (χ0v) is 12.6. The number of rotatable bonds is 4. The number of benzene rings is 1. The molecule has 1 aromatic carbocycles. The summed E-state index contributed by atoms with van der Waals surface area (Å²) in [7, 11) is 0. The Kier molecular flexibility index (Phi) is 5.83. The summed E-state index contributed by atoms with van der Waals surface area (Å²) in [6.07, 6.45) is 3.03. The van der Waals surface area contributed by atoms with Gasteiger partial charge in [-0.05, 0) is 5.56 Å². The number of hydrogen-bond donors (Lipinski definition) is 3. The van der Waals surface area contributed by atoms with Crippen molar-refractivity contribution in [2.45, 2.75) is 13.0 Å². The van der Waals surface area contributed by atoms with Crippen LogP contribution in [0, 0.1) is 11.8 Å². The van der Waals surface area contributed by atoms with Crippen LogP contribution in [0.3, 0.4) is 0 Å². The van der Waals surface area contributed by atoms with Gasteiger partial charge in [0.2, 0.25) is 0 Å². The summed E-state index contributed by atoms with van der Waals surface area (Å²) in [5.74, 6) is 5.78. The largest absolute Gasteiger partial charge is 0.445 e. The molecular formula is C17H18N4O2. The lowest BCUT2D eigenvalue weighted by Crippen LogP contribution is -2.24. The molecule has 0 radical (unpaired) electrons. The Labute approximate surface area is 134 Å². The number of amides is 1. The summed E-state index contributed by atoms with van der Waals surface area (Å²) in [6.45, 7) is 0.625. The maximum absolute atomic E-state index is 11.5.